The zero-order valence-electron chi connectivity index (χ0n) is 23.6. The number of methoxy groups -OCH3 is 1. The van der Waals surface area contributed by atoms with Crippen LogP contribution in [0.2, 0.25) is 0 Å². The van der Waals surface area contributed by atoms with Crippen LogP contribution in [0.3, 0.4) is 0 Å². The molecule has 6 nitrogen and oxygen atoms in total. The highest BCUT2D eigenvalue weighted by molar-refractivity contribution is 7.57. The van der Waals surface area contributed by atoms with Crippen LogP contribution in [0.4, 0.5) is 0 Å². The van der Waals surface area contributed by atoms with E-state index < -0.39 is 18.7 Å². The number of hydrogen-bond acceptors (Lipinski definition) is 6. The zero-order valence-corrected chi connectivity index (χ0v) is 24.5. The summed E-state index contributed by atoms with van der Waals surface area (Å²) in [6.45, 7) is 10.6. The van der Waals surface area contributed by atoms with Crippen LogP contribution >= 0.6 is 7.60 Å². The third-order valence-electron chi connectivity index (χ3n) is 8.65. The number of esters is 1. The second-order valence-corrected chi connectivity index (χ2v) is 13.7. The number of benzene rings is 2. The average Bonchev–Trinajstić information content (AvgIpc) is 3.67. The molecule has 2 aromatic carbocycles. The number of carbonyl (C=O) groups is 1. The Morgan fingerprint density at radius 3 is 2.21 bits per heavy atom. The van der Waals surface area contributed by atoms with Gasteiger partial charge in [-0.3, -0.25) is 9.36 Å². The molecule has 0 bridgehead atoms. The largest absolute Gasteiger partial charge is 0.497 e. The number of carbonyl (C=O) groups excluding carboxylic acids is 1. The first-order valence-corrected chi connectivity index (χ1v) is 15.5. The monoisotopic (exact) mass is 542 g/mol. The second kappa shape index (κ2) is 11.5. The van der Waals surface area contributed by atoms with Crippen molar-refractivity contribution in [2.45, 2.75) is 82.9 Å². The molecule has 4 rings (SSSR count). The molecule has 0 spiro atoms. The fourth-order valence-corrected chi connectivity index (χ4v) is 8.76. The third kappa shape index (κ3) is 5.33. The zero-order chi connectivity index (χ0) is 27.6. The van der Waals surface area contributed by atoms with Crippen LogP contribution in [0, 0.1) is 11.8 Å². The molecule has 0 aromatic heterocycles. The molecule has 0 aliphatic heterocycles. The number of hydrogen-bond donors (Lipinski definition) is 0. The molecule has 2 aliphatic carbocycles. The summed E-state index contributed by atoms with van der Waals surface area (Å²) in [5, 5.41) is -1.35. The maximum Gasteiger partial charge on any atom is 0.348 e. The van der Waals surface area contributed by atoms with Crippen molar-refractivity contribution in [3.8, 4) is 5.75 Å². The molecule has 0 amide bonds. The van der Waals surface area contributed by atoms with Gasteiger partial charge in [0.2, 0.25) is 0 Å². The molecule has 0 N–H and O–H groups in total. The van der Waals surface area contributed by atoms with Crippen molar-refractivity contribution in [1.29, 1.82) is 0 Å². The van der Waals surface area contributed by atoms with Gasteiger partial charge in [0.15, 0.2) is 5.16 Å². The van der Waals surface area contributed by atoms with Crippen molar-refractivity contribution in [1.82, 2.24) is 0 Å². The van der Waals surface area contributed by atoms with Crippen LogP contribution in [-0.4, -0.2) is 37.6 Å². The van der Waals surface area contributed by atoms with Gasteiger partial charge in [-0.1, -0.05) is 69.7 Å². The van der Waals surface area contributed by atoms with Crippen molar-refractivity contribution in [3.63, 3.8) is 0 Å². The molecule has 0 saturated heterocycles. The maximum absolute atomic E-state index is 14.3. The van der Waals surface area contributed by atoms with E-state index in [0.29, 0.717) is 12.3 Å². The van der Waals surface area contributed by atoms with Gasteiger partial charge in [0.25, 0.3) is 0 Å². The highest BCUT2D eigenvalue weighted by Gasteiger charge is 2.75. The lowest BCUT2D eigenvalue weighted by molar-refractivity contribution is -0.157. The summed E-state index contributed by atoms with van der Waals surface area (Å²) in [5.74, 6) is 0.526. The van der Waals surface area contributed by atoms with E-state index in [-0.39, 0.29) is 36.6 Å². The molecule has 0 radical (unpaired) electrons. The maximum atomic E-state index is 14.3. The van der Waals surface area contributed by atoms with E-state index in [2.05, 4.69) is 45.0 Å². The minimum atomic E-state index is -3.81. The van der Waals surface area contributed by atoms with Gasteiger partial charge in [-0.15, -0.1) is 0 Å². The van der Waals surface area contributed by atoms with Crippen molar-refractivity contribution in [3.05, 3.63) is 65.7 Å². The van der Waals surface area contributed by atoms with Crippen molar-refractivity contribution >= 4 is 13.6 Å². The SMILES string of the molecule is CCOP(=O)(OCC)[C@]1(C(=O)O[C@@H]2C[C@H](C)CC[C@H]2C(C)(C)c2ccccc2)C[C@@H]1c1ccc(OC)cc1. The first kappa shape index (κ1) is 28.9. The molecular formula is C31H43O6P. The van der Waals surface area contributed by atoms with Crippen LogP contribution in [0.1, 0.15) is 77.3 Å². The van der Waals surface area contributed by atoms with E-state index in [1.165, 1.54) is 5.56 Å². The Bertz CT molecular complexity index is 1120. The van der Waals surface area contributed by atoms with E-state index in [9.17, 15) is 9.36 Å². The fourth-order valence-electron chi connectivity index (χ4n) is 6.34. The predicted octanol–water partition coefficient (Wildman–Crippen LogP) is 7.51. The van der Waals surface area contributed by atoms with Crippen LogP contribution in [0.25, 0.3) is 0 Å². The molecule has 2 saturated carbocycles. The fraction of sp³-hybridized carbons (Fsp3) is 0.581. The summed E-state index contributed by atoms with van der Waals surface area (Å²) in [5.41, 5.74) is 1.94. The summed E-state index contributed by atoms with van der Waals surface area (Å²) < 4.78 is 37.6. The second-order valence-electron chi connectivity index (χ2n) is 11.3. The van der Waals surface area contributed by atoms with Crippen LogP contribution in [0.5, 0.6) is 5.75 Å². The Morgan fingerprint density at radius 1 is 1.00 bits per heavy atom. The van der Waals surface area contributed by atoms with Crippen LogP contribution < -0.4 is 4.74 Å². The predicted molar refractivity (Wildman–Crippen MR) is 150 cm³/mol. The Morgan fingerprint density at radius 2 is 1.63 bits per heavy atom. The third-order valence-corrected chi connectivity index (χ3v) is 11.5. The van der Waals surface area contributed by atoms with E-state index >= 15 is 0 Å². The summed E-state index contributed by atoms with van der Waals surface area (Å²) in [6.07, 6.45) is 2.91. The molecule has 2 aliphatic rings. The van der Waals surface area contributed by atoms with Gasteiger partial charge in [-0.05, 0) is 67.7 Å². The normalized spacial score (nSPS) is 27.5. The molecule has 2 aromatic rings. The van der Waals surface area contributed by atoms with Gasteiger partial charge in [0.05, 0.1) is 20.3 Å². The summed E-state index contributed by atoms with van der Waals surface area (Å²) in [6, 6.07) is 18.0. The van der Waals surface area contributed by atoms with E-state index in [4.69, 9.17) is 18.5 Å². The molecule has 208 valence electrons. The summed E-state index contributed by atoms with van der Waals surface area (Å²) in [4.78, 5) is 14.2. The van der Waals surface area contributed by atoms with Crippen LogP contribution in [-0.2, 0) is 28.6 Å². The van der Waals surface area contributed by atoms with E-state index in [1.54, 1.807) is 21.0 Å². The van der Waals surface area contributed by atoms with Gasteiger partial charge >= 0.3 is 13.6 Å². The molecule has 0 unspecified atom stereocenters. The van der Waals surface area contributed by atoms with E-state index in [1.807, 2.05) is 30.3 Å². The number of ether oxygens (including phenoxy) is 2. The number of rotatable bonds is 11. The Kier molecular flexibility index (Phi) is 8.76. The van der Waals surface area contributed by atoms with E-state index in [0.717, 1.165) is 30.6 Å². The van der Waals surface area contributed by atoms with Gasteiger partial charge < -0.3 is 18.5 Å². The summed E-state index contributed by atoms with van der Waals surface area (Å²) >= 11 is 0. The molecule has 7 heteroatoms. The van der Waals surface area contributed by atoms with Gasteiger partial charge in [-0.25, -0.2) is 0 Å². The molecular weight excluding hydrogens is 499 g/mol. The molecule has 38 heavy (non-hydrogen) atoms. The standard InChI is InChI=1S/C31H43O6P/c1-7-35-38(33,36-8-2)31(21-27(31)23-15-17-25(34-6)18-16-23)29(32)37-28-20-22(3)14-19-26(28)30(4,5)24-12-10-9-11-13-24/h9-13,15-18,22,26-28H,7-8,14,19-21H2,1-6H3/t22-,26-,27-,28-,31-/m1/s1. The Hall–Kier alpha value is -2.14. The highest BCUT2D eigenvalue weighted by Crippen LogP contribution is 2.77. The molecule has 5 atom stereocenters. The molecule has 2 fully saturated rings. The minimum absolute atomic E-state index is 0.138. The first-order valence-electron chi connectivity index (χ1n) is 13.9. The van der Waals surface area contributed by atoms with Gasteiger partial charge in [-0.2, -0.15) is 0 Å². The topological polar surface area (TPSA) is 71.1 Å². The lowest BCUT2D eigenvalue weighted by atomic mass is 9.64. The average molecular weight is 543 g/mol. The highest BCUT2D eigenvalue weighted by atomic mass is 31.2. The van der Waals surface area contributed by atoms with Crippen molar-refractivity contribution in [2.24, 2.45) is 11.8 Å². The minimum Gasteiger partial charge on any atom is -0.497 e. The Labute approximate surface area is 227 Å². The quantitative estimate of drug-likeness (QED) is 0.216. The van der Waals surface area contributed by atoms with Gasteiger partial charge in [0, 0.05) is 11.8 Å². The lowest BCUT2D eigenvalue weighted by Crippen LogP contribution is -2.45. The molecule has 0 heterocycles. The first-order chi connectivity index (χ1) is 18.1. The van der Waals surface area contributed by atoms with Crippen LogP contribution in [0.15, 0.2) is 54.6 Å². The van der Waals surface area contributed by atoms with Crippen molar-refractivity contribution < 1.29 is 27.9 Å². The van der Waals surface area contributed by atoms with Crippen molar-refractivity contribution in [2.75, 3.05) is 20.3 Å². The Balaban J connectivity index is 1.68. The summed E-state index contributed by atoms with van der Waals surface area (Å²) in [7, 11) is -2.20. The van der Waals surface area contributed by atoms with Gasteiger partial charge in [0.1, 0.15) is 11.9 Å². The lowest BCUT2D eigenvalue weighted by Gasteiger charge is -2.44. The smallest absolute Gasteiger partial charge is 0.348 e.